The Morgan fingerprint density at radius 1 is 1.12 bits per heavy atom. The largest absolute Gasteiger partial charge is 0.346 e. The van der Waals surface area contributed by atoms with Crippen molar-refractivity contribution < 1.29 is 0 Å². The van der Waals surface area contributed by atoms with E-state index in [1.54, 1.807) is 16.0 Å². The molecule has 2 aromatic rings. The fraction of sp³-hybridized carbons (Fsp3) is 0.611. The predicted molar refractivity (Wildman–Crippen MR) is 101 cm³/mol. The summed E-state index contributed by atoms with van der Waals surface area (Å²) in [6, 6.07) is 1.81. The lowest BCUT2D eigenvalue weighted by Gasteiger charge is -2.34. The summed E-state index contributed by atoms with van der Waals surface area (Å²) < 4.78 is 1.67. The Bertz CT molecular complexity index is 791. The van der Waals surface area contributed by atoms with Crippen molar-refractivity contribution in [3.63, 3.8) is 0 Å². The molecule has 2 aromatic heterocycles. The van der Waals surface area contributed by atoms with Crippen molar-refractivity contribution in [3.05, 3.63) is 38.8 Å². The maximum atomic E-state index is 12.3. The number of hydrogen-bond donors (Lipinski definition) is 0. The number of fused-ring (bicyclic) bond motifs is 1. The van der Waals surface area contributed by atoms with E-state index in [-0.39, 0.29) is 5.56 Å². The second-order valence-electron chi connectivity index (χ2n) is 6.98. The summed E-state index contributed by atoms with van der Waals surface area (Å²) in [5.41, 5.74) is 3.45. The van der Waals surface area contributed by atoms with Crippen LogP contribution in [-0.2, 0) is 19.4 Å². The highest BCUT2D eigenvalue weighted by Gasteiger charge is 2.19. The molecule has 3 heterocycles. The summed E-state index contributed by atoms with van der Waals surface area (Å²) >= 11 is 1.72. The first-order chi connectivity index (χ1) is 12.2. The van der Waals surface area contributed by atoms with Gasteiger partial charge >= 0.3 is 0 Å². The number of piperazine rings is 1. The predicted octanol–water partition coefficient (Wildman–Crippen LogP) is 1.71. The fourth-order valence-corrected chi connectivity index (χ4v) is 4.50. The third-order valence-corrected chi connectivity index (χ3v) is 6.17. The molecule has 1 aliphatic heterocycles. The first-order valence-electron chi connectivity index (χ1n) is 9.18. The highest BCUT2D eigenvalue weighted by Crippen LogP contribution is 2.21. The number of anilines is 1. The maximum absolute atomic E-state index is 12.3. The lowest BCUT2D eigenvalue weighted by atomic mass is 9.97. The quantitative estimate of drug-likeness (QED) is 0.832. The van der Waals surface area contributed by atoms with Crippen LogP contribution >= 0.6 is 11.3 Å². The van der Waals surface area contributed by atoms with Gasteiger partial charge in [-0.3, -0.25) is 9.69 Å². The van der Waals surface area contributed by atoms with E-state index >= 15 is 0 Å². The van der Waals surface area contributed by atoms with Crippen LogP contribution in [0.5, 0.6) is 0 Å². The van der Waals surface area contributed by atoms with E-state index in [4.69, 9.17) is 0 Å². The summed E-state index contributed by atoms with van der Waals surface area (Å²) in [6.45, 7) is 7.63. The Morgan fingerprint density at radius 3 is 2.68 bits per heavy atom. The van der Waals surface area contributed by atoms with Gasteiger partial charge < -0.3 is 4.90 Å². The molecule has 7 heteroatoms. The average Bonchev–Trinajstić information content (AvgIpc) is 3.07. The molecular weight excluding hydrogens is 334 g/mol. The Labute approximate surface area is 152 Å². The third kappa shape index (κ3) is 3.77. The normalized spacial score (nSPS) is 18.4. The van der Waals surface area contributed by atoms with Gasteiger partial charge in [-0.05, 0) is 38.2 Å². The summed E-state index contributed by atoms with van der Waals surface area (Å²) in [7, 11) is 0. The number of nitrogens with zero attached hydrogens (tertiary/aromatic N) is 5. The number of thiazole rings is 1. The van der Waals surface area contributed by atoms with Gasteiger partial charge in [-0.15, -0.1) is 11.3 Å². The standard InChI is InChI=1S/C18H25N5OS/c1-14-13-25-18(19-14)22-9-6-21(7-10-22)8-11-23-17(24)12-15-4-2-3-5-16(15)20-23/h12-13H,2-11H2,1H3. The number of hydrogen-bond acceptors (Lipinski definition) is 6. The van der Waals surface area contributed by atoms with Crippen LogP contribution in [0.4, 0.5) is 5.13 Å². The molecule has 0 N–H and O–H groups in total. The van der Waals surface area contributed by atoms with Gasteiger partial charge in [0.2, 0.25) is 0 Å². The molecule has 1 aliphatic carbocycles. The Kier molecular flexibility index (Phi) is 4.85. The van der Waals surface area contributed by atoms with E-state index in [1.165, 1.54) is 18.4 Å². The molecule has 0 spiro atoms. The van der Waals surface area contributed by atoms with Crippen LogP contribution in [0, 0.1) is 6.92 Å². The summed E-state index contributed by atoms with van der Waals surface area (Å²) in [5.74, 6) is 0. The van der Waals surface area contributed by atoms with Crippen LogP contribution in [0.2, 0.25) is 0 Å². The van der Waals surface area contributed by atoms with Gasteiger partial charge in [0.1, 0.15) is 0 Å². The van der Waals surface area contributed by atoms with Crippen molar-refractivity contribution in [2.75, 3.05) is 37.6 Å². The van der Waals surface area contributed by atoms with Crippen LogP contribution < -0.4 is 10.5 Å². The minimum atomic E-state index is 0.0533. The molecule has 134 valence electrons. The SMILES string of the molecule is Cc1csc(N2CCN(CCn3nc4c(cc3=O)CCCC4)CC2)n1. The van der Waals surface area contributed by atoms with Crippen molar-refractivity contribution in [2.24, 2.45) is 0 Å². The topological polar surface area (TPSA) is 54.3 Å². The maximum Gasteiger partial charge on any atom is 0.267 e. The molecule has 6 nitrogen and oxygen atoms in total. The summed E-state index contributed by atoms with van der Waals surface area (Å²) in [4.78, 5) is 21.6. The van der Waals surface area contributed by atoms with E-state index in [1.807, 2.05) is 13.0 Å². The lowest BCUT2D eigenvalue weighted by molar-refractivity contribution is 0.242. The number of aromatic nitrogens is 3. The fourth-order valence-electron chi connectivity index (χ4n) is 3.65. The minimum absolute atomic E-state index is 0.0533. The highest BCUT2D eigenvalue weighted by atomic mass is 32.1. The molecule has 25 heavy (non-hydrogen) atoms. The molecule has 0 saturated carbocycles. The lowest BCUT2D eigenvalue weighted by Crippen LogP contribution is -2.47. The third-order valence-electron chi connectivity index (χ3n) is 5.15. The van der Waals surface area contributed by atoms with Gasteiger partial charge in [-0.25, -0.2) is 9.67 Å². The monoisotopic (exact) mass is 359 g/mol. The van der Waals surface area contributed by atoms with Gasteiger partial charge in [0.15, 0.2) is 5.13 Å². The van der Waals surface area contributed by atoms with Crippen molar-refractivity contribution in [1.29, 1.82) is 0 Å². The smallest absolute Gasteiger partial charge is 0.267 e. The van der Waals surface area contributed by atoms with E-state index < -0.39 is 0 Å². The van der Waals surface area contributed by atoms with Crippen molar-refractivity contribution in [3.8, 4) is 0 Å². The van der Waals surface area contributed by atoms with E-state index in [0.29, 0.717) is 6.54 Å². The molecule has 1 saturated heterocycles. The highest BCUT2D eigenvalue weighted by molar-refractivity contribution is 7.13. The van der Waals surface area contributed by atoms with Gasteiger partial charge in [-0.1, -0.05) is 0 Å². The molecule has 4 rings (SSSR count). The van der Waals surface area contributed by atoms with Crippen LogP contribution in [0.25, 0.3) is 0 Å². The summed E-state index contributed by atoms with van der Waals surface area (Å²) in [5, 5.41) is 7.86. The zero-order valence-electron chi connectivity index (χ0n) is 14.8. The first-order valence-corrected chi connectivity index (χ1v) is 10.1. The van der Waals surface area contributed by atoms with E-state index in [9.17, 15) is 4.79 Å². The van der Waals surface area contributed by atoms with E-state index in [0.717, 1.165) is 62.1 Å². The molecule has 0 amide bonds. The number of rotatable bonds is 4. The van der Waals surface area contributed by atoms with Crippen LogP contribution in [0.15, 0.2) is 16.2 Å². The van der Waals surface area contributed by atoms with Crippen LogP contribution in [0.1, 0.15) is 29.8 Å². The van der Waals surface area contributed by atoms with Crippen LogP contribution in [0.3, 0.4) is 0 Å². The van der Waals surface area contributed by atoms with Crippen LogP contribution in [-0.4, -0.2) is 52.4 Å². The Morgan fingerprint density at radius 2 is 1.92 bits per heavy atom. The van der Waals surface area contributed by atoms with Crippen molar-refractivity contribution in [1.82, 2.24) is 19.7 Å². The second kappa shape index (κ2) is 7.25. The molecule has 0 bridgehead atoms. The number of aryl methyl sites for hydroxylation is 3. The molecule has 0 atom stereocenters. The van der Waals surface area contributed by atoms with Gasteiger partial charge in [-0.2, -0.15) is 5.10 Å². The molecule has 0 radical (unpaired) electrons. The van der Waals surface area contributed by atoms with E-state index in [2.05, 4.69) is 25.3 Å². The molecule has 1 fully saturated rings. The average molecular weight is 359 g/mol. The van der Waals surface area contributed by atoms with Crippen molar-refractivity contribution >= 4 is 16.5 Å². The molecule has 0 unspecified atom stereocenters. The Hall–Kier alpha value is -1.73. The first kappa shape index (κ1) is 16.7. The zero-order valence-corrected chi connectivity index (χ0v) is 15.6. The zero-order chi connectivity index (χ0) is 17.2. The Balaban J connectivity index is 1.33. The van der Waals surface area contributed by atoms with Gasteiger partial charge in [0.05, 0.1) is 17.9 Å². The van der Waals surface area contributed by atoms with Crippen molar-refractivity contribution in [2.45, 2.75) is 39.2 Å². The molecule has 0 aromatic carbocycles. The molecular formula is C18H25N5OS. The molecule has 2 aliphatic rings. The second-order valence-corrected chi connectivity index (χ2v) is 7.82. The minimum Gasteiger partial charge on any atom is -0.346 e. The van der Waals surface area contributed by atoms with Gasteiger partial charge in [0, 0.05) is 44.2 Å². The summed E-state index contributed by atoms with van der Waals surface area (Å²) in [6.07, 6.45) is 4.40. The van der Waals surface area contributed by atoms with Gasteiger partial charge in [0.25, 0.3) is 5.56 Å².